The number of esters is 1. The van der Waals surface area contributed by atoms with Gasteiger partial charge in [0.2, 0.25) is 0 Å². The van der Waals surface area contributed by atoms with E-state index in [1.54, 1.807) is 0 Å². The van der Waals surface area contributed by atoms with Crippen LogP contribution in [0, 0.1) is 23.0 Å². The highest BCUT2D eigenvalue weighted by atomic mass is 19.1. The summed E-state index contributed by atoms with van der Waals surface area (Å²) in [5.41, 5.74) is -0.505. The molecule has 5 heteroatoms. The first-order valence-electron chi connectivity index (χ1n) is 4.23. The van der Waals surface area contributed by atoms with Gasteiger partial charge in [-0.3, -0.25) is 0 Å². The number of methoxy groups -OCH3 is 1. The first kappa shape index (κ1) is 11.9. The number of hydrogen-bond acceptors (Lipinski definition) is 3. The minimum absolute atomic E-state index is 0.138. The highest BCUT2D eigenvalue weighted by Crippen LogP contribution is 2.15. The smallest absolute Gasteiger partial charge is 0.330 e. The Morgan fingerprint density at radius 3 is 2.44 bits per heavy atom. The van der Waals surface area contributed by atoms with Gasteiger partial charge in [-0.2, -0.15) is 5.26 Å². The lowest BCUT2D eigenvalue weighted by Gasteiger charge is -1.98. The van der Waals surface area contributed by atoms with Gasteiger partial charge >= 0.3 is 5.97 Å². The predicted molar refractivity (Wildman–Crippen MR) is 52.1 cm³/mol. The second-order valence-corrected chi connectivity index (χ2v) is 2.83. The van der Waals surface area contributed by atoms with Gasteiger partial charge in [-0.1, -0.05) is 0 Å². The van der Waals surface area contributed by atoms with E-state index >= 15 is 0 Å². The maximum Gasteiger partial charge on any atom is 0.330 e. The lowest BCUT2D eigenvalue weighted by atomic mass is 10.1. The van der Waals surface area contributed by atoms with Gasteiger partial charge in [-0.05, 0) is 23.8 Å². The molecule has 1 aromatic carbocycles. The topological polar surface area (TPSA) is 50.1 Å². The molecule has 0 bridgehead atoms. The Balaban J connectivity index is 3.06. The van der Waals surface area contributed by atoms with Crippen LogP contribution in [-0.2, 0) is 9.53 Å². The summed E-state index contributed by atoms with van der Waals surface area (Å²) >= 11 is 0. The van der Waals surface area contributed by atoms with Crippen molar-refractivity contribution in [3.05, 3.63) is 41.0 Å². The summed E-state index contributed by atoms with van der Waals surface area (Å²) in [6.07, 6.45) is 2.22. The second kappa shape index (κ2) is 5.03. The third kappa shape index (κ3) is 2.64. The van der Waals surface area contributed by atoms with Crippen molar-refractivity contribution in [3.63, 3.8) is 0 Å². The summed E-state index contributed by atoms with van der Waals surface area (Å²) < 4.78 is 30.5. The SMILES string of the molecule is COC(=O)C=Cc1cc(F)c(C#N)c(F)c1. The maximum absolute atomic E-state index is 13.1. The van der Waals surface area contributed by atoms with E-state index in [0.717, 1.165) is 18.2 Å². The third-order valence-electron chi connectivity index (χ3n) is 1.79. The zero-order valence-corrected chi connectivity index (χ0v) is 8.33. The number of carbonyl (C=O) groups excluding carboxylic acids is 1. The Morgan fingerprint density at radius 1 is 1.44 bits per heavy atom. The number of hydrogen-bond donors (Lipinski definition) is 0. The highest BCUT2D eigenvalue weighted by Gasteiger charge is 2.09. The quantitative estimate of drug-likeness (QED) is 0.569. The molecule has 1 rings (SSSR count). The van der Waals surface area contributed by atoms with Crippen LogP contribution in [-0.4, -0.2) is 13.1 Å². The first-order chi connectivity index (χ1) is 7.58. The van der Waals surface area contributed by atoms with E-state index in [2.05, 4.69) is 4.74 Å². The molecule has 0 aliphatic rings. The maximum atomic E-state index is 13.1. The molecule has 0 aliphatic heterocycles. The molecule has 0 spiro atoms. The van der Waals surface area contributed by atoms with E-state index in [1.165, 1.54) is 19.3 Å². The predicted octanol–water partition coefficient (Wildman–Crippen LogP) is 2.02. The molecule has 82 valence electrons. The van der Waals surface area contributed by atoms with Crippen molar-refractivity contribution < 1.29 is 18.3 Å². The van der Waals surface area contributed by atoms with Crippen LogP contribution < -0.4 is 0 Å². The lowest BCUT2D eigenvalue weighted by molar-refractivity contribution is -0.134. The van der Waals surface area contributed by atoms with E-state index in [4.69, 9.17) is 5.26 Å². The number of nitrogens with zero attached hydrogens (tertiary/aromatic N) is 1. The molecule has 0 fully saturated rings. The van der Waals surface area contributed by atoms with E-state index in [1.807, 2.05) is 0 Å². The molecule has 0 radical (unpaired) electrons. The van der Waals surface area contributed by atoms with Crippen LogP contribution >= 0.6 is 0 Å². The molecule has 3 nitrogen and oxygen atoms in total. The van der Waals surface area contributed by atoms with Crippen molar-refractivity contribution in [3.8, 4) is 6.07 Å². The summed E-state index contributed by atoms with van der Waals surface area (Å²) in [4.78, 5) is 10.7. The van der Waals surface area contributed by atoms with Gasteiger partial charge in [-0.25, -0.2) is 13.6 Å². The zero-order chi connectivity index (χ0) is 12.1. The molecular weight excluding hydrogens is 216 g/mol. The molecule has 0 aliphatic carbocycles. The van der Waals surface area contributed by atoms with E-state index in [9.17, 15) is 13.6 Å². The Bertz CT molecular complexity index is 466. The Labute approximate surface area is 90.6 Å². The fourth-order valence-electron chi connectivity index (χ4n) is 1.03. The summed E-state index contributed by atoms with van der Waals surface area (Å²) in [6.45, 7) is 0. The normalized spacial score (nSPS) is 10.1. The van der Waals surface area contributed by atoms with E-state index in [0.29, 0.717) is 0 Å². The molecule has 0 atom stereocenters. The van der Waals surface area contributed by atoms with Gasteiger partial charge in [0.15, 0.2) is 0 Å². The van der Waals surface area contributed by atoms with E-state index < -0.39 is 23.2 Å². The molecule has 16 heavy (non-hydrogen) atoms. The molecule has 0 saturated heterocycles. The van der Waals surface area contributed by atoms with Crippen LogP contribution in [0.4, 0.5) is 8.78 Å². The van der Waals surface area contributed by atoms with Gasteiger partial charge < -0.3 is 4.74 Å². The Morgan fingerprint density at radius 2 is 2.00 bits per heavy atom. The number of benzene rings is 1. The zero-order valence-electron chi connectivity index (χ0n) is 8.33. The van der Waals surface area contributed by atoms with Crippen molar-refractivity contribution >= 4 is 12.0 Å². The number of nitriles is 1. The number of carbonyl (C=O) groups is 1. The average molecular weight is 223 g/mol. The number of rotatable bonds is 2. The minimum atomic E-state index is -0.966. The largest absolute Gasteiger partial charge is 0.466 e. The molecule has 1 aromatic rings. The van der Waals surface area contributed by atoms with Gasteiger partial charge in [0.1, 0.15) is 23.3 Å². The van der Waals surface area contributed by atoms with Crippen LogP contribution in [0.15, 0.2) is 18.2 Å². The van der Waals surface area contributed by atoms with E-state index in [-0.39, 0.29) is 5.56 Å². The van der Waals surface area contributed by atoms with Crippen molar-refractivity contribution in [1.82, 2.24) is 0 Å². The molecule has 0 N–H and O–H groups in total. The van der Waals surface area contributed by atoms with Crippen LogP contribution in [0.5, 0.6) is 0 Å². The molecule has 0 saturated carbocycles. The summed E-state index contributed by atoms with van der Waals surface area (Å²) in [5, 5.41) is 8.42. The number of ether oxygens (including phenoxy) is 1. The fraction of sp³-hybridized carbons (Fsp3) is 0.0909. The molecule has 0 heterocycles. The van der Waals surface area contributed by atoms with Crippen molar-refractivity contribution in [2.75, 3.05) is 7.11 Å². The summed E-state index contributed by atoms with van der Waals surface area (Å²) in [6, 6.07) is 3.32. The summed E-state index contributed by atoms with van der Waals surface area (Å²) in [7, 11) is 1.19. The van der Waals surface area contributed by atoms with Gasteiger partial charge in [0.05, 0.1) is 7.11 Å². The fourth-order valence-corrected chi connectivity index (χ4v) is 1.03. The van der Waals surface area contributed by atoms with Gasteiger partial charge in [-0.15, -0.1) is 0 Å². The molecule has 0 unspecified atom stereocenters. The van der Waals surface area contributed by atoms with Crippen LogP contribution in [0.1, 0.15) is 11.1 Å². The van der Waals surface area contributed by atoms with Crippen LogP contribution in [0.3, 0.4) is 0 Å². The average Bonchev–Trinajstić information content (AvgIpc) is 2.25. The standard InChI is InChI=1S/C11H7F2NO2/c1-16-11(15)3-2-7-4-9(12)8(6-14)10(13)5-7/h2-5H,1H3. The Kier molecular flexibility index (Phi) is 3.72. The second-order valence-electron chi connectivity index (χ2n) is 2.83. The number of halogens is 2. The lowest BCUT2D eigenvalue weighted by Crippen LogP contribution is -1.94. The van der Waals surface area contributed by atoms with Crippen molar-refractivity contribution in [1.29, 1.82) is 5.26 Å². The van der Waals surface area contributed by atoms with Crippen LogP contribution in [0.2, 0.25) is 0 Å². The van der Waals surface area contributed by atoms with Crippen LogP contribution in [0.25, 0.3) is 6.08 Å². The first-order valence-corrected chi connectivity index (χ1v) is 4.23. The Hall–Kier alpha value is -2.22. The molecule has 0 amide bonds. The molecular formula is C11H7F2NO2. The third-order valence-corrected chi connectivity index (χ3v) is 1.79. The monoisotopic (exact) mass is 223 g/mol. The summed E-state index contributed by atoms with van der Waals surface area (Å²) in [5.74, 6) is -2.57. The minimum Gasteiger partial charge on any atom is -0.466 e. The highest BCUT2D eigenvalue weighted by molar-refractivity contribution is 5.86. The van der Waals surface area contributed by atoms with Gasteiger partial charge in [0.25, 0.3) is 0 Å². The molecule has 0 aromatic heterocycles. The van der Waals surface area contributed by atoms with Gasteiger partial charge in [0, 0.05) is 6.08 Å². The van der Waals surface area contributed by atoms with Crippen molar-refractivity contribution in [2.45, 2.75) is 0 Å². The van der Waals surface area contributed by atoms with Crippen molar-refractivity contribution in [2.24, 2.45) is 0 Å².